The molecule has 0 atom stereocenters. The van der Waals surface area contributed by atoms with E-state index in [2.05, 4.69) is 33.6 Å². The first-order valence-corrected chi connectivity index (χ1v) is 13.4. The standard InChI is InChI=1S/C29H38N8O2S/c1-8-28(38)34-23-17-24(27(39-7)18-26(23)36(6)15-14-35(4)5)33-20(3)32-22-13-16-40-29(22)19(2)37(31)25-12-10-9-11-21(25)30/h8-13,16-18H,1-2,14-15,30-31H2,3-7H3,(H,32,33)(H,34,38). The smallest absolute Gasteiger partial charge is 0.247 e. The number of amides is 1. The highest BCUT2D eigenvalue weighted by Crippen LogP contribution is 2.38. The predicted octanol–water partition coefficient (Wildman–Crippen LogP) is 4.97. The molecule has 0 aliphatic rings. The molecule has 0 saturated carbocycles. The normalized spacial score (nSPS) is 11.2. The summed E-state index contributed by atoms with van der Waals surface area (Å²) < 4.78 is 5.70. The molecule has 0 aliphatic carbocycles. The van der Waals surface area contributed by atoms with E-state index in [-0.39, 0.29) is 5.91 Å². The molecule has 3 aromatic rings. The maximum absolute atomic E-state index is 12.2. The van der Waals surface area contributed by atoms with Crippen molar-refractivity contribution in [2.24, 2.45) is 10.8 Å². The lowest BCUT2D eigenvalue weighted by Crippen LogP contribution is -2.29. The number of ether oxygens (including phenoxy) is 1. The Labute approximate surface area is 240 Å². The summed E-state index contributed by atoms with van der Waals surface area (Å²) in [6, 6.07) is 12.9. The number of rotatable bonds is 12. The van der Waals surface area contributed by atoms with Gasteiger partial charge >= 0.3 is 0 Å². The number of para-hydroxylation sites is 2. The summed E-state index contributed by atoms with van der Waals surface area (Å²) in [5, 5.41) is 9.62. The molecule has 0 unspecified atom stereocenters. The first kappa shape index (κ1) is 30.2. The third-order valence-electron chi connectivity index (χ3n) is 6.05. The van der Waals surface area contributed by atoms with E-state index in [0.29, 0.717) is 45.7 Å². The molecule has 1 aromatic heterocycles. The van der Waals surface area contributed by atoms with E-state index in [1.165, 1.54) is 22.4 Å². The van der Waals surface area contributed by atoms with Gasteiger partial charge in [0, 0.05) is 26.2 Å². The zero-order chi connectivity index (χ0) is 29.4. The number of nitrogens with one attached hydrogen (secondary N) is 2. The van der Waals surface area contributed by atoms with Crippen LogP contribution in [-0.2, 0) is 4.79 Å². The molecule has 3 rings (SSSR count). The van der Waals surface area contributed by atoms with E-state index in [1.54, 1.807) is 13.2 Å². The number of likely N-dealkylation sites (N-methyl/N-ethyl adjacent to an activating group) is 2. The Kier molecular flexibility index (Phi) is 10.3. The van der Waals surface area contributed by atoms with Crippen molar-refractivity contribution in [2.45, 2.75) is 6.92 Å². The number of hydrogen-bond donors (Lipinski definition) is 4. The number of aliphatic imine (C=N–C) groups is 1. The minimum absolute atomic E-state index is 0.310. The third-order valence-corrected chi connectivity index (χ3v) is 7.00. The minimum Gasteiger partial charge on any atom is -0.494 e. The number of hydrazine groups is 1. The van der Waals surface area contributed by atoms with Crippen LogP contribution >= 0.6 is 11.3 Å². The van der Waals surface area contributed by atoms with Gasteiger partial charge < -0.3 is 30.9 Å². The Morgan fingerprint density at radius 2 is 1.82 bits per heavy atom. The van der Waals surface area contributed by atoms with E-state index >= 15 is 0 Å². The minimum atomic E-state index is -0.310. The molecule has 10 nitrogen and oxygen atoms in total. The second-order valence-electron chi connectivity index (χ2n) is 9.32. The fourth-order valence-electron chi connectivity index (χ4n) is 3.88. The second kappa shape index (κ2) is 13.7. The van der Waals surface area contributed by atoms with E-state index in [9.17, 15) is 4.79 Å². The molecule has 2 aromatic carbocycles. The van der Waals surface area contributed by atoms with Gasteiger partial charge in [0.25, 0.3) is 0 Å². The van der Waals surface area contributed by atoms with Crippen LogP contribution in [0.15, 0.2) is 72.1 Å². The lowest BCUT2D eigenvalue weighted by Gasteiger charge is -2.26. The molecule has 1 heterocycles. The Balaban J connectivity index is 1.92. The number of thiophene rings is 1. The molecule has 6 N–H and O–H groups in total. The Hall–Kier alpha value is -4.32. The highest BCUT2D eigenvalue weighted by Gasteiger charge is 2.18. The maximum atomic E-state index is 12.2. The van der Waals surface area contributed by atoms with Crippen molar-refractivity contribution in [3.8, 4) is 5.75 Å². The Morgan fingerprint density at radius 3 is 2.48 bits per heavy atom. The number of nitrogens with zero attached hydrogens (tertiary/aromatic N) is 4. The Morgan fingerprint density at radius 1 is 1.10 bits per heavy atom. The van der Waals surface area contributed by atoms with Gasteiger partial charge in [-0.1, -0.05) is 25.3 Å². The summed E-state index contributed by atoms with van der Waals surface area (Å²) in [5.41, 5.74) is 10.6. The molecule has 0 fully saturated rings. The molecule has 0 bridgehead atoms. The summed E-state index contributed by atoms with van der Waals surface area (Å²) >= 11 is 1.48. The average Bonchev–Trinajstić information content (AvgIpc) is 3.38. The van der Waals surface area contributed by atoms with Crippen LogP contribution in [0.5, 0.6) is 5.75 Å². The fourth-order valence-corrected chi connectivity index (χ4v) is 4.68. The molecule has 40 heavy (non-hydrogen) atoms. The zero-order valence-electron chi connectivity index (χ0n) is 23.7. The summed E-state index contributed by atoms with van der Waals surface area (Å²) in [6.45, 7) is 11.2. The van der Waals surface area contributed by atoms with E-state index in [4.69, 9.17) is 21.3 Å². The monoisotopic (exact) mass is 562 g/mol. The SMILES string of the molecule is C=CC(=O)Nc1cc(NC(C)=Nc2ccsc2C(=C)N(N)c2ccccc2N)c(OC)cc1N(C)CCN(C)C. The Bertz CT molecular complexity index is 1400. The van der Waals surface area contributed by atoms with Gasteiger partial charge in [0.05, 0.1) is 51.8 Å². The number of carbonyl (C=O) groups is 1. The molecule has 0 spiro atoms. The van der Waals surface area contributed by atoms with Crippen LogP contribution in [0.25, 0.3) is 5.70 Å². The van der Waals surface area contributed by atoms with Crippen molar-refractivity contribution in [1.29, 1.82) is 0 Å². The summed E-state index contributed by atoms with van der Waals surface area (Å²) in [4.78, 5) is 22.0. The molecule has 0 radical (unpaired) electrons. The molecular weight excluding hydrogens is 524 g/mol. The van der Waals surface area contributed by atoms with Gasteiger partial charge in [-0.15, -0.1) is 11.3 Å². The number of methoxy groups -OCH3 is 1. The maximum Gasteiger partial charge on any atom is 0.247 e. The van der Waals surface area contributed by atoms with Crippen molar-refractivity contribution in [3.63, 3.8) is 0 Å². The number of carbonyl (C=O) groups excluding carboxylic acids is 1. The zero-order valence-corrected chi connectivity index (χ0v) is 24.5. The van der Waals surface area contributed by atoms with Crippen LogP contribution < -0.4 is 36.9 Å². The van der Waals surface area contributed by atoms with Crippen molar-refractivity contribution < 1.29 is 9.53 Å². The molecular formula is C29H38N8O2S. The van der Waals surface area contributed by atoms with Crippen LogP contribution in [-0.4, -0.2) is 58.0 Å². The van der Waals surface area contributed by atoms with E-state index < -0.39 is 0 Å². The van der Waals surface area contributed by atoms with Gasteiger partial charge in [0.2, 0.25) is 5.91 Å². The lowest BCUT2D eigenvalue weighted by atomic mass is 10.2. The third kappa shape index (κ3) is 7.41. The largest absolute Gasteiger partial charge is 0.494 e. The van der Waals surface area contributed by atoms with Gasteiger partial charge in [-0.05, 0) is 56.7 Å². The average molecular weight is 563 g/mol. The fraction of sp³-hybridized carbons (Fsp3) is 0.241. The highest BCUT2D eigenvalue weighted by atomic mass is 32.1. The number of amidine groups is 1. The van der Waals surface area contributed by atoms with Gasteiger partial charge in [-0.3, -0.25) is 9.80 Å². The van der Waals surface area contributed by atoms with Gasteiger partial charge in [0.1, 0.15) is 11.6 Å². The first-order chi connectivity index (χ1) is 19.0. The number of nitrogen functional groups attached to an aromatic ring is 1. The second-order valence-corrected chi connectivity index (χ2v) is 10.2. The molecule has 0 saturated heterocycles. The van der Waals surface area contributed by atoms with Crippen molar-refractivity contribution in [2.75, 3.05) is 67.6 Å². The highest BCUT2D eigenvalue weighted by molar-refractivity contribution is 7.11. The van der Waals surface area contributed by atoms with Crippen molar-refractivity contribution in [3.05, 3.63) is 72.0 Å². The van der Waals surface area contributed by atoms with Crippen molar-refractivity contribution in [1.82, 2.24) is 4.90 Å². The summed E-state index contributed by atoms with van der Waals surface area (Å²) in [7, 11) is 7.60. The van der Waals surface area contributed by atoms with Crippen LogP contribution in [0.3, 0.4) is 0 Å². The summed E-state index contributed by atoms with van der Waals surface area (Å²) in [6.07, 6.45) is 1.24. The van der Waals surface area contributed by atoms with Crippen LogP contribution in [0.4, 0.5) is 34.1 Å². The molecule has 0 aliphatic heterocycles. The van der Waals surface area contributed by atoms with Crippen LogP contribution in [0, 0.1) is 0 Å². The topological polar surface area (TPSA) is 124 Å². The molecule has 212 valence electrons. The number of anilines is 5. The number of hydrogen-bond acceptors (Lipinski definition) is 9. The van der Waals surface area contributed by atoms with Crippen LogP contribution in [0.2, 0.25) is 0 Å². The summed E-state index contributed by atoms with van der Waals surface area (Å²) in [5.74, 6) is 7.26. The van der Waals surface area contributed by atoms with Gasteiger partial charge in [-0.25, -0.2) is 10.8 Å². The predicted molar refractivity (Wildman–Crippen MR) is 171 cm³/mol. The van der Waals surface area contributed by atoms with Crippen molar-refractivity contribution >= 4 is 62.9 Å². The van der Waals surface area contributed by atoms with Gasteiger partial charge in [-0.2, -0.15) is 0 Å². The van der Waals surface area contributed by atoms with Gasteiger partial charge in [0.15, 0.2) is 0 Å². The van der Waals surface area contributed by atoms with Crippen LogP contribution in [0.1, 0.15) is 11.8 Å². The number of benzene rings is 2. The lowest BCUT2D eigenvalue weighted by molar-refractivity contribution is -0.111. The molecule has 1 amide bonds. The van der Waals surface area contributed by atoms with E-state index in [1.807, 2.05) is 69.8 Å². The first-order valence-electron chi connectivity index (χ1n) is 12.5. The quantitative estimate of drug-likeness (QED) is 0.0609. The molecule has 11 heteroatoms. The number of nitrogens with two attached hydrogens (primary N) is 2. The van der Waals surface area contributed by atoms with E-state index in [0.717, 1.165) is 23.7 Å².